The topological polar surface area (TPSA) is 139 Å². The van der Waals surface area contributed by atoms with Crippen LogP contribution in [0, 0.1) is 24.0 Å². The molecule has 0 heterocycles. The van der Waals surface area contributed by atoms with Crippen molar-refractivity contribution < 1.29 is 27.7 Å². The van der Waals surface area contributed by atoms with Gasteiger partial charge in [-0.1, -0.05) is 84.8 Å². The van der Waals surface area contributed by atoms with Gasteiger partial charge >= 0.3 is 0 Å². The zero-order valence-electron chi connectivity index (χ0n) is 28.6. The third-order valence-corrected chi connectivity index (χ3v) is 10.4. The summed E-state index contributed by atoms with van der Waals surface area (Å²) in [5.74, 6) is -1.000. The number of nitrogens with zero attached hydrogens (tertiary/aromatic N) is 3. The van der Waals surface area contributed by atoms with Gasteiger partial charge in [-0.15, -0.1) is 0 Å². The van der Waals surface area contributed by atoms with Crippen LogP contribution in [0.2, 0.25) is 5.02 Å². The van der Waals surface area contributed by atoms with E-state index < -0.39 is 49.9 Å². The lowest BCUT2D eigenvalue weighted by Crippen LogP contribution is -2.54. The van der Waals surface area contributed by atoms with Crippen molar-refractivity contribution in [3.05, 3.63) is 128 Å². The molecule has 2 amide bonds. The number of nitro groups is 1. The number of methoxy groups -OCH3 is 1. The maximum atomic E-state index is 14.8. The second kappa shape index (κ2) is 16.6. The molecule has 4 aromatic rings. The van der Waals surface area contributed by atoms with E-state index in [-0.39, 0.29) is 41.0 Å². The second-order valence-corrected chi connectivity index (χ2v) is 14.4. The van der Waals surface area contributed by atoms with Gasteiger partial charge in [-0.05, 0) is 62.6 Å². The van der Waals surface area contributed by atoms with Gasteiger partial charge in [-0.3, -0.25) is 24.0 Å². The van der Waals surface area contributed by atoms with E-state index in [1.165, 1.54) is 49.3 Å². The van der Waals surface area contributed by atoms with Gasteiger partial charge in [0.05, 0.1) is 22.6 Å². The smallest absolute Gasteiger partial charge is 0.273 e. The number of carbonyl (C=O) groups excluding carboxylic acids is 2. The van der Waals surface area contributed by atoms with Gasteiger partial charge in [-0.25, -0.2) is 8.42 Å². The summed E-state index contributed by atoms with van der Waals surface area (Å²) in [5.41, 5.74) is 2.27. The Morgan fingerprint density at radius 1 is 0.960 bits per heavy atom. The molecule has 13 heteroatoms. The molecule has 11 nitrogen and oxygen atoms in total. The number of nitrogens with one attached hydrogen (secondary N) is 1. The molecule has 0 aliphatic rings. The highest BCUT2D eigenvalue weighted by atomic mass is 35.5. The Morgan fingerprint density at radius 2 is 1.66 bits per heavy atom. The van der Waals surface area contributed by atoms with Gasteiger partial charge in [0.25, 0.3) is 15.7 Å². The second-order valence-electron chi connectivity index (χ2n) is 12.1. The average molecular weight is 721 g/mol. The summed E-state index contributed by atoms with van der Waals surface area (Å²) in [6.07, 6.45) is 0.803. The van der Waals surface area contributed by atoms with Crippen LogP contribution >= 0.6 is 11.6 Å². The van der Waals surface area contributed by atoms with E-state index in [1.54, 1.807) is 0 Å². The highest BCUT2D eigenvalue weighted by molar-refractivity contribution is 7.92. The molecule has 0 fully saturated rings. The molecule has 4 aromatic carbocycles. The molecule has 0 saturated heterocycles. The molecule has 0 aliphatic heterocycles. The molecule has 0 spiro atoms. The van der Waals surface area contributed by atoms with Gasteiger partial charge < -0.3 is 15.0 Å². The number of benzene rings is 4. The number of carbonyl (C=O) groups is 2. The number of amides is 2. The average Bonchev–Trinajstić information content (AvgIpc) is 3.08. The maximum absolute atomic E-state index is 14.8. The Hall–Kier alpha value is -4.94. The lowest BCUT2D eigenvalue weighted by Gasteiger charge is -2.34. The number of anilines is 1. The van der Waals surface area contributed by atoms with Crippen molar-refractivity contribution in [1.29, 1.82) is 0 Å². The van der Waals surface area contributed by atoms with E-state index in [1.807, 2.05) is 75.4 Å². The minimum absolute atomic E-state index is 0.0114. The van der Waals surface area contributed by atoms with Crippen molar-refractivity contribution in [1.82, 2.24) is 10.2 Å². The first-order valence-corrected chi connectivity index (χ1v) is 17.9. The first-order valence-electron chi connectivity index (χ1n) is 16.1. The Balaban J connectivity index is 1.90. The number of aryl methyl sites for hydroxylation is 2. The fraction of sp³-hybridized carbons (Fsp3) is 0.297. The normalized spacial score (nSPS) is 12.4. The number of nitro benzene ring substituents is 1. The number of hydrogen-bond acceptors (Lipinski definition) is 7. The van der Waals surface area contributed by atoms with Crippen LogP contribution < -0.4 is 14.4 Å². The molecule has 2 atom stereocenters. The predicted octanol–water partition coefficient (Wildman–Crippen LogP) is 6.62. The largest absolute Gasteiger partial charge is 0.495 e. The molecule has 0 radical (unpaired) electrons. The van der Waals surface area contributed by atoms with Crippen molar-refractivity contribution >= 4 is 44.8 Å². The molecule has 264 valence electrons. The summed E-state index contributed by atoms with van der Waals surface area (Å²) in [5, 5.41) is 15.0. The van der Waals surface area contributed by atoms with Gasteiger partial charge in [0.15, 0.2) is 0 Å². The van der Waals surface area contributed by atoms with Crippen LogP contribution in [-0.4, -0.2) is 55.8 Å². The zero-order chi connectivity index (χ0) is 36.6. The van der Waals surface area contributed by atoms with Crippen molar-refractivity contribution in [3.63, 3.8) is 0 Å². The molecular formula is C37H41ClN4O7S. The fourth-order valence-electron chi connectivity index (χ4n) is 5.45. The fourth-order valence-corrected chi connectivity index (χ4v) is 7.05. The standard InChI is InChI=1S/C37H41ClN4O7S/c1-6-27(4)39-37(44)34(20-28-12-8-7-9-13-28)40(23-29-14-10-11-25(2)19-29)36(43)24-41(33-21-30(38)16-18-35(33)49-5)50(47,48)31-17-15-26(3)32(22-31)42(45)46/h7-19,21-22,27,34H,6,20,23-24H2,1-5H3,(H,39,44)/t27-,34+/m0/s1. The molecule has 0 unspecified atom stereocenters. The molecule has 0 bridgehead atoms. The summed E-state index contributed by atoms with van der Waals surface area (Å²) >= 11 is 6.35. The van der Waals surface area contributed by atoms with Gasteiger partial charge in [-0.2, -0.15) is 0 Å². The number of ether oxygens (including phenoxy) is 1. The summed E-state index contributed by atoms with van der Waals surface area (Å²) < 4.78 is 35.3. The number of halogens is 1. The first kappa shape index (κ1) is 37.9. The lowest BCUT2D eigenvalue weighted by atomic mass is 10.0. The third kappa shape index (κ3) is 9.19. The van der Waals surface area contributed by atoms with Crippen LogP contribution in [0.5, 0.6) is 5.75 Å². The van der Waals surface area contributed by atoms with Crippen molar-refractivity contribution in [2.75, 3.05) is 18.0 Å². The van der Waals surface area contributed by atoms with Crippen LogP contribution in [-0.2, 0) is 32.6 Å². The maximum Gasteiger partial charge on any atom is 0.273 e. The SMILES string of the molecule is CC[C@H](C)NC(=O)[C@@H](Cc1ccccc1)N(Cc1cccc(C)c1)C(=O)CN(c1cc(Cl)ccc1OC)S(=O)(=O)c1ccc(C)c([N+](=O)[O-])c1. The highest BCUT2D eigenvalue weighted by Gasteiger charge is 2.36. The summed E-state index contributed by atoms with van der Waals surface area (Å²) in [7, 11) is -3.33. The van der Waals surface area contributed by atoms with E-state index in [4.69, 9.17) is 16.3 Å². The van der Waals surface area contributed by atoms with Crippen LogP contribution in [0.4, 0.5) is 11.4 Å². The van der Waals surface area contributed by atoms with Gasteiger partial charge in [0, 0.05) is 35.7 Å². The van der Waals surface area contributed by atoms with Crippen molar-refractivity contribution in [2.45, 2.75) is 64.1 Å². The van der Waals surface area contributed by atoms with Gasteiger partial charge in [0.1, 0.15) is 18.3 Å². The van der Waals surface area contributed by atoms with E-state index in [2.05, 4.69) is 5.32 Å². The molecule has 4 rings (SSSR count). The molecule has 0 aromatic heterocycles. The summed E-state index contributed by atoms with van der Waals surface area (Å²) in [6, 6.07) is 23.3. The summed E-state index contributed by atoms with van der Waals surface area (Å²) in [4.78, 5) is 40.9. The van der Waals surface area contributed by atoms with E-state index in [9.17, 15) is 28.1 Å². The quantitative estimate of drug-likeness (QED) is 0.108. The lowest BCUT2D eigenvalue weighted by molar-refractivity contribution is -0.385. The van der Waals surface area contributed by atoms with Crippen LogP contribution in [0.3, 0.4) is 0 Å². The van der Waals surface area contributed by atoms with E-state index >= 15 is 0 Å². The summed E-state index contributed by atoms with van der Waals surface area (Å²) in [6.45, 7) is 6.41. The molecule has 1 N–H and O–H groups in total. The molecule has 50 heavy (non-hydrogen) atoms. The minimum atomic E-state index is -4.67. The molecular weight excluding hydrogens is 680 g/mol. The molecule has 0 aliphatic carbocycles. The Bertz CT molecular complexity index is 1960. The number of rotatable bonds is 15. The predicted molar refractivity (Wildman–Crippen MR) is 194 cm³/mol. The van der Waals surface area contributed by atoms with Crippen LogP contribution in [0.15, 0.2) is 95.9 Å². The Labute approximate surface area is 298 Å². The number of sulfonamides is 1. The first-order chi connectivity index (χ1) is 23.7. The van der Waals surface area contributed by atoms with Crippen LogP contribution in [0.1, 0.15) is 42.5 Å². The Morgan fingerprint density at radius 3 is 2.30 bits per heavy atom. The van der Waals surface area contributed by atoms with Crippen molar-refractivity contribution in [2.24, 2.45) is 0 Å². The monoisotopic (exact) mass is 720 g/mol. The van der Waals surface area contributed by atoms with Crippen LogP contribution in [0.25, 0.3) is 0 Å². The van der Waals surface area contributed by atoms with E-state index in [0.29, 0.717) is 6.42 Å². The number of hydrogen-bond donors (Lipinski definition) is 1. The Kier molecular flexibility index (Phi) is 12.6. The van der Waals surface area contributed by atoms with Crippen molar-refractivity contribution in [3.8, 4) is 5.75 Å². The third-order valence-electron chi connectivity index (χ3n) is 8.36. The van der Waals surface area contributed by atoms with Gasteiger partial charge in [0.2, 0.25) is 11.8 Å². The highest BCUT2D eigenvalue weighted by Crippen LogP contribution is 2.36. The zero-order valence-corrected chi connectivity index (χ0v) is 30.2. The molecule has 0 saturated carbocycles. The minimum Gasteiger partial charge on any atom is -0.495 e. The van der Waals surface area contributed by atoms with E-state index in [0.717, 1.165) is 27.1 Å².